The quantitative estimate of drug-likeness (QED) is 0.340. The van der Waals surface area contributed by atoms with E-state index in [1.165, 1.54) is 25.5 Å². The van der Waals surface area contributed by atoms with Crippen molar-refractivity contribution in [3.8, 4) is 5.75 Å². The molecule has 0 saturated carbocycles. The van der Waals surface area contributed by atoms with Crippen LogP contribution in [0, 0.1) is 6.92 Å². The molecule has 0 fully saturated rings. The van der Waals surface area contributed by atoms with E-state index in [1.54, 1.807) is 64.1 Å². The molecular weight excluding hydrogens is 516 g/mol. The molecule has 3 aromatic rings. The first-order valence-electron chi connectivity index (χ1n) is 11.1. The number of methoxy groups -OCH3 is 1. The van der Waals surface area contributed by atoms with E-state index in [2.05, 4.69) is 15.9 Å². The average molecular weight is 545 g/mol. The largest absolute Gasteiger partial charge is 0.496 e. The molecule has 0 atom stereocenters. The van der Waals surface area contributed by atoms with Crippen LogP contribution in [0.1, 0.15) is 50.5 Å². The number of benzene rings is 2. The van der Waals surface area contributed by atoms with Crippen molar-refractivity contribution in [2.75, 3.05) is 7.11 Å². The maximum Gasteiger partial charge on any atom is 0.332 e. The molecule has 0 aliphatic heterocycles. The van der Waals surface area contributed by atoms with Gasteiger partial charge >= 0.3 is 11.7 Å². The van der Waals surface area contributed by atoms with Crippen LogP contribution in [0.15, 0.2) is 50.5 Å². The Morgan fingerprint density at radius 3 is 2.23 bits per heavy atom. The SMILES string of the molecule is COc1ccccc1C(=O)Cn1c(=O)n(C(C)(C)C(=O)OC(C)(C)C)c(=O)c2c(C)c(Br)ccc21. The summed E-state index contributed by atoms with van der Waals surface area (Å²) in [6.07, 6.45) is 0. The highest BCUT2D eigenvalue weighted by atomic mass is 79.9. The number of ether oxygens (including phenoxy) is 2. The number of ketones is 1. The minimum atomic E-state index is -1.64. The Balaban J connectivity index is 2.33. The number of hydrogen-bond donors (Lipinski definition) is 0. The van der Waals surface area contributed by atoms with Gasteiger partial charge in [-0.1, -0.05) is 28.1 Å². The fourth-order valence-corrected chi connectivity index (χ4v) is 4.16. The fourth-order valence-electron chi connectivity index (χ4n) is 3.83. The summed E-state index contributed by atoms with van der Waals surface area (Å²) in [6, 6.07) is 10.0. The van der Waals surface area contributed by atoms with E-state index in [0.29, 0.717) is 26.9 Å². The monoisotopic (exact) mass is 544 g/mol. The minimum Gasteiger partial charge on any atom is -0.496 e. The molecule has 3 rings (SSSR count). The maximum atomic E-state index is 13.8. The van der Waals surface area contributed by atoms with Gasteiger partial charge in [0, 0.05) is 4.47 Å². The normalized spacial score (nSPS) is 12.0. The number of esters is 1. The smallest absolute Gasteiger partial charge is 0.332 e. The molecule has 0 unspecified atom stereocenters. The number of aromatic nitrogens is 2. The predicted octanol–water partition coefficient (Wildman–Crippen LogP) is 4.20. The third kappa shape index (κ3) is 4.96. The lowest BCUT2D eigenvalue weighted by atomic mass is 10.0. The van der Waals surface area contributed by atoms with Crippen LogP contribution in [0.2, 0.25) is 0 Å². The molecule has 186 valence electrons. The van der Waals surface area contributed by atoms with Crippen molar-refractivity contribution in [2.45, 2.75) is 59.2 Å². The molecular formula is C26H29BrN2O6. The summed E-state index contributed by atoms with van der Waals surface area (Å²) in [4.78, 5) is 53.8. The fraction of sp³-hybridized carbons (Fsp3) is 0.385. The molecule has 0 aliphatic carbocycles. The molecule has 1 heterocycles. The first-order valence-corrected chi connectivity index (χ1v) is 11.8. The number of rotatable bonds is 6. The van der Waals surface area contributed by atoms with Gasteiger partial charge < -0.3 is 9.47 Å². The molecule has 35 heavy (non-hydrogen) atoms. The van der Waals surface area contributed by atoms with E-state index in [1.807, 2.05) is 0 Å². The van der Waals surface area contributed by atoms with E-state index >= 15 is 0 Å². The second kappa shape index (κ2) is 9.45. The standard InChI is InChI=1S/C26H29BrN2O6/c1-15-17(27)12-13-18-21(15)22(31)29(26(5,6)23(32)35-25(2,3)4)24(33)28(18)14-19(30)16-10-8-9-11-20(16)34-7/h8-13H,14H2,1-7H3. The molecule has 1 aromatic heterocycles. The Morgan fingerprint density at radius 1 is 1.00 bits per heavy atom. The van der Waals surface area contributed by atoms with Crippen molar-refractivity contribution in [3.63, 3.8) is 0 Å². The highest BCUT2D eigenvalue weighted by Crippen LogP contribution is 2.26. The number of nitrogens with zero attached hydrogens (tertiary/aromatic N) is 2. The lowest BCUT2D eigenvalue weighted by Gasteiger charge is -2.30. The molecule has 0 spiro atoms. The highest BCUT2D eigenvalue weighted by Gasteiger charge is 2.38. The maximum absolute atomic E-state index is 13.8. The molecule has 0 bridgehead atoms. The average Bonchev–Trinajstić information content (AvgIpc) is 2.77. The first-order chi connectivity index (χ1) is 16.2. The van der Waals surface area contributed by atoms with Crippen LogP contribution in [0.4, 0.5) is 0 Å². The summed E-state index contributed by atoms with van der Waals surface area (Å²) < 4.78 is 13.6. The van der Waals surface area contributed by atoms with Crippen molar-refractivity contribution in [3.05, 3.63) is 72.8 Å². The highest BCUT2D eigenvalue weighted by molar-refractivity contribution is 9.10. The van der Waals surface area contributed by atoms with Gasteiger partial charge in [-0.3, -0.25) is 14.2 Å². The zero-order valence-electron chi connectivity index (χ0n) is 20.9. The zero-order chi connectivity index (χ0) is 26.3. The van der Waals surface area contributed by atoms with Crippen molar-refractivity contribution in [1.82, 2.24) is 9.13 Å². The second-order valence-electron chi connectivity index (χ2n) is 9.76. The summed E-state index contributed by atoms with van der Waals surface area (Å²) in [5.41, 5.74) is -2.72. The predicted molar refractivity (Wildman–Crippen MR) is 137 cm³/mol. The molecule has 2 aromatic carbocycles. The Morgan fingerprint density at radius 2 is 1.63 bits per heavy atom. The van der Waals surface area contributed by atoms with Crippen molar-refractivity contribution >= 4 is 38.6 Å². The number of fused-ring (bicyclic) bond motifs is 1. The minimum absolute atomic E-state index is 0.225. The van der Waals surface area contributed by atoms with Crippen molar-refractivity contribution in [1.29, 1.82) is 0 Å². The lowest BCUT2D eigenvalue weighted by molar-refractivity contribution is -0.164. The van der Waals surface area contributed by atoms with Gasteiger partial charge in [0.2, 0.25) is 0 Å². The van der Waals surface area contributed by atoms with E-state index in [9.17, 15) is 19.2 Å². The van der Waals surface area contributed by atoms with Crippen molar-refractivity contribution < 1.29 is 19.1 Å². The van der Waals surface area contributed by atoms with Gasteiger partial charge in [-0.05, 0) is 71.4 Å². The number of para-hydroxylation sites is 1. The molecule has 9 heteroatoms. The van der Waals surface area contributed by atoms with E-state index in [0.717, 1.165) is 4.57 Å². The van der Waals surface area contributed by atoms with Crippen LogP contribution in [-0.4, -0.2) is 33.6 Å². The van der Waals surface area contributed by atoms with Gasteiger partial charge in [0.05, 0.1) is 30.1 Å². The van der Waals surface area contributed by atoms with Crippen LogP contribution in [0.3, 0.4) is 0 Å². The van der Waals surface area contributed by atoms with Crippen LogP contribution in [-0.2, 0) is 21.6 Å². The summed E-state index contributed by atoms with van der Waals surface area (Å²) in [5, 5.41) is 0.225. The third-order valence-electron chi connectivity index (χ3n) is 5.67. The zero-order valence-corrected chi connectivity index (χ0v) is 22.5. The van der Waals surface area contributed by atoms with Gasteiger partial charge in [0.15, 0.2) is 5.78 Å². The third-order valence-corrected chi connectivity index (χ3v) is 6.53. The summed E-state index contributed by atoms with van der Waals surface area (Å²) >= 11 is 3.43. The Hall–Kier alpha value is -3.20. The summed E-state index contributed by atoms with van der Waals surface area (Å²) in [7, 11) is 1.46. The van der Waals surface area contributed by atoms with E-state index < -0.39 is 28.4 Å². The number of halogens is 1. The Labute approximate surface area is 211 Å². The van der Waals surface area contributed by atoms with E-state index in [4.69, 9.17) is 9.47 Å². The molecule has 0 radical (unpaired) electrons. The summed E-state index contributed by atoms with van der Waals surface area (Å²) in [5.74, 6) is -0.748. The Bertz CT molecular complexity index is 1440. The molecule has 0 saturated heterocycles. The van der Waals surface area contributed by atoms with Gasteiger partial charge in [-0.25, -0.2) is 14.2 Å². The summed E-state index contributed by atoms with van der Waals surface area (Å²) in [6.45, 7) is 9.39. The number of carbonyl (C=O) groups excluding carboxylic acids is 2. The van der Waals surface area contributed by atoms with Crippen molar-refractivity contribution in [2.24, 2.45) is 0 Å². The van der Waals surface area contributed by atoms with Gasteiger partial charge in [0.1, 0.15) is 16.9 Å². The van der Waals surface area contributed by atoms with Gasteiger partial charge in [-0.15, -0.1) is 0 Å². The van der Waals surface area contributed by atoms with Crippen LogP contribution < -0.4 is 16.0 Å². The first kappa shape index (κ1) is 26.4. The topological polar surface area (TPSA) is 96.6 Å². The van der Waals surface area contributed by atoms with Crippen LogP contribution >= 0.6 is 15.9 Å². The number of hydrogen-bond acceptors (Lipinski definition) is 6. The van der Waals surface area contributed by atoms with Gasteiger partial charge in [-0.2, -0.15) is 0 Å². The van der Waals surface area contributed by atoms with Gasteiger partial charge in [0.25, 0.3) is 5.56 Å². The van der Waals surface area contributed by atoms with Crippen LogP contribution in [0.5, 0.6) is 5.75 Å². The molecule has 0 amide bonds. The molecule has 0 aliphatic rings. The number of Topliss-reactive ketones (excluding diaryl/α,β-unsaturated/α-hetero) is 1. The molecule has 8 nitrogen and oxygen atoms in total. The van der Waals surface area contributed by atoms with E-state index in [-0.39, 0.29) is 17.7 Å². The van der Waals surface area contributed by atoms with Crippen LogP contribution in [0.25, 0.3) is 10.9 Å². The Kier molecular flexibility index (Phi) is 7.13. The second-order valence-corrected chi connectivity index (χ2v) is 10.6. The number of aryl methyl sites for hydroxylation is 1. The number of carbonyl (C=O) groups is 2. The lowest BCUT2D eigenvalue weighted by Crippen LogP contribution is -2.54. The molecule has 0 N–H and O–H groups in total.